The Morgan fingerprint density at radius 1 is 1.33 bits per heavy atom. The predicted molar refractivity (Wildman–Crippen MR) is 78.7 cm³/mol. The summed E-state index contributed by atoms with van der Waals surface area (Å²) in [6, 6.07) is 9.59. The molecule has 116 valence electrons. The van der Waals surface area contributed by atoms with Crippen LogP contribution in [0, 0.1) is 0 Å². The molecular weight excluding hydrogens is 272 g/mol. The molecule has 21 heavy (non-hydrogen) atoms. The number of carbonyl (C=O) groups excluding carboxylic acids is 1. The Morgan fingerprint density at radius 3 is 2.52 bits per heavy atom. The van der Waals surface area contributed by atoms with E-state index in [2.05, 4.69) is 11.3 Å². The van der Waals surface area contributed by atoms with E-state index in [1.165, 1.54) is 20.3 Å². The van der Waals surface area contributed by atoms with Gasteiger partial charge in [0.15, 0.2) is 0 Å². The Labute approximate surface area is 125 Å². The quantitative estimate of drug-likeness (QED) is 0.555. The fourth-order valence-corrected chi connectivity index (χ4v) is 1.88. The third-order valence-corrected chi connectivity index (χ3v) is 3.13. The lowest BCUT2D eigenvalue weighted by Gasteiger charge is -2.26. The maximum absolute atomic E-state index is 11.3. The second kappa shape index (κ2) is 9.28. The average Bonchev–Trinajstić information content (AvgIpc) is 2.53. The Hall–Kier alpha value is -1.69. The predicted octanol–water partition coefficient (Wildman–Crippen LogP) is 1.70. The van der Waals surface area contributed by atoms with Gasteiger partial charge in [-0.25, -0.2) is 0 Å². The first-order valence-electron chi connectivity index (χ1n) is 6.68. The first-order chi connectivity index (χ1) is 10.1. The zero-order valence-electron chi connectivity index (χ0n) is 12.4. The lowest BCUT2D eigenvalue weighted by Crippen LogP contribution is -2.40. The molecule has 0 spiro atoms. The summed E-state index contributed by atoms with van der Waals surface area (Å²) in [7, 11) is 2.71. The molecule has 1 rings (SSSR count). The van der Waals surface area contributed by atoms with Gasteiger partial charge in [0.1, 0.15) is 12.2 Å². The molecule has 0 amide bonds. The summed E-state index contributed by atoms with van der Waals surface area (Å²) < 4.78 is 15.4. The second-order valence-electron chi connectivity index (χ2n) is 4.54. The molecular formula is C16H22O5. The van der Waals surface area contributed by atoms with Crippen LogP contribution in [0.2, 0.25) is 0 Å². The van der Waals surface area contributed by atoms with E-state index < -0.39 is 24.3 Å². The van der Waals surface area contributed by atoms with Gasteiger partial charge in [-0.2, -0.15) is 0 Å². The molecule has 0 aliphatic carbocycles. The van der Waals surface area contributed by atoms with E-state index in [0.29, 0.717) is 6.61 Å². The van der Waals surface area contributed by atoms with Crippen LogP contribution in [0.25, 0.3) is 0 Å². The maximum atomic E-state index is 11.3. The first kappa shape index (κ1) is 17.4. The van der Waals surface area contributed by atoms with Gasteiger partial charge in [-0.3, -0.25) is 4.79 Å². The van der Waals surface area contributed by atoms with Crippen molar-refractivity contribution in [2.75, 3.05) is 14.2 Å². The molecule has 0 saturated heterocycles. The van der Waals surface area contributed by atoms with Crippen molar-refractivity contribution >= 4 is 5.97 Å². The number of rotatable bonds is 9. The molecule has 0 radical (unpaired) electrons. The number of carbonyl (C=O) groups is 1. The average molecular weight is 294 g/mol. The lowest BCUT2D eigenvalue weighted by molar-refractivity contribution is -0.148. The number of esters is 1. The monoisotopic (exact) mass is 294 g/mol. The fraction of sp³-hybridized carbons (Fsp3) is 0.438. The minimum atomic E-state index is -1.00. The van der Waals surface area contributed by atoms with Gasteiger partial charge in [0.25, 0.3) is 0 Å². The van der Waals surface area contributed by atoms with Gasteiger partial charge < -0.3 is 19.3 Å². The van der Waals surface area contributed by atoms with E-state index in [1.54, 1.807) is 0 Å². The van der Waals surface area contributed by atoms with E-state index in [4.69, 9.17) is 9.47 Å². The molecule has 0 fully saturated rings. The third-order valence-electron chi connectivity index (χ3n) is 3.13. The van der Waals surface area contributed by atoms with Crippen molar-refractivity contribution in [3.63, 3.8) is 0 Å². The zero-order chi connectivity index (χ0) is 15.7. The van der Waals surface area contributed by atoms with E-state index in [9.17, 15) is 9.90 Å². The number of hydrogen-bond donors (Lipinski definition) is 1. The van der Waals surface area contributed by atoms with E-state index in [1.807, 2.05) is 30.3 Å². The number of aliphatic hydroxyl groups is 1. The van der Waals surface area contributed by atoms with Gasteiger partial charge in [0, 0.05) is 7.11 Å². The van der Waals surface area contributed by atoms with Crippen molar-refractivity contribution in [2.24, 2.45) is 0 Å². The van der Waals surface area contributed by atoms with Crippen LogP contribution in [-0.4, -0.2) is 43.6 Å². The van der Waals surface area contributed by atoms with Gasteiger partial charge in [-0.1, -0.05) is 36.4 Å². The SMILES string of the molecule is C=C[C@H](OCc1ccccc1)[C@@H](O)[C@@H](CC(=O)OC)OC. The lowest BCUT2D eigenvalue weighted by atomic mass is 10.0. The summed E-state index contributed by atoms with van der Waals surface area (Å²) in [6.45, 7) is 3.99. The molecule has 1 N–H and O–H groups in total. The van der Waals surface area contributed by atoms with E-state index >= 15 is 0 Å². The Bertz CT molecular complexity index is 432. The van der Waals surface area contributed by atoms with Crippen LogP contribution >= 0.6 is 0 Å². The summed E-state index contributed by atoms with van der Waals surface area (Å²) in [4.78, 5) is 11.3. The van der Waals surface area contributed by atoms with Crippen molar-refractivity contribution in [1.29, 1.82) is 0 Å². The molecule has 5 nitrogen and oxygen atoms in total. The Morgan fingerprint density at radius 2 is 2.00 bits per heavy atom. The van der Waals surface area contributed by atoms with Crippen LogP contribution in [0.1, 0.15) is 12.0 Å². The topological polar surface area (TPSA) is 65.0 Å². The highest BCUT2D eigenvalue weighted by molar-refractivity contribution is 5.69. The molecule has 0 heterocycles. The normalized spacial score (nSPS) is 15.0. The Kier molecular flexibility index (Phi) is 7.68. The third kappa shape index (κ3) is 5.67. The molecule has 5 heteroatoms. The second-order valence-corrected chi connectivity index (χ2v) is 4.54. The van der Waals surface area contributed by atoms with Crippen LogP contribution in [0.4, 0.5) is 0 Å². The van der Waals surface area contributed by atoms with Gasteiger partial charge in [-0.15, -0.1) is 6.58 Å². The number of aliphatic hydroxyl groups excluding tert-OH is 1. The minimum Gasteiger partial charge on any atom is -0.469 e. The highest BCUT2D eigenvalue weighted by Crippen LogP contribution is 2.14. The molecule has 3 atom stereocenters. The van der Waals surface area contributed by atoms with Crippen molar-refractivity contribution < 1.29 is 24.1 Å². The molecule has 1 aromatic carbocycles. The maximum Gasteiger partial charge on any atom is 0.308 e. The van der Waals surface area contributed by atoms with Gasteiger partial charge >= 0.3 is 5.97 Å². The first-order valence-corrected chi connectivity index (χ1v) is 6.68. The molecule has 0 aliphatic heterocycles. The standard InChI is InChI=1S/C16H22O5/c1-4-13(21-11-12-8-6-5-7-9-12)16(18)14(19-2)10-15(17)20-3/h4-9,13-14,16,18H,1,10-11H2,2-3H3/t13-,14+,16+/m0/s1. The molecule has 0 saturated carbocycles. The highest BCUT2D eigenvalue weighted by atomic mass is 16.5. The van der Waals surface area contributed by atoms with Gasteiger partial charge in [0.2, 0.25) is 0 Å². The molecule has 0 aromatic heterocycles. The van der Waals surface area contributed by atoms with Crippen LogP contribution in [0.15, 0.2) is 43.0 Å². The molecule has 0 aliphatic rings. The number of methoxy groups -OCH3 is 2. The molecule has 0 bridgehead atoms. The van der Waals surface area contributed by atoms with Crippen molar-refractivity contribution in [3.8, 4) is 0 Å². The number of hydrogen-bond acceptors (Lipinski definition) is 5. The van der Waals surface area contributed by atoms with E-state index in [-0.39, 0.29) is 6.42 Å². The molecule has 0 unspecified atom stereocenters. The summed E-state index contributed by atoms with van der Waals surface area (Å²) >= 11 is 0. The van der Waals surface area contributed by atoms with Crippen molar-refractivity contribution in [1.82, 2.24) is 0 Å². The van der Waals surface area contributed by atoms with Gasteiger partial charge in [-0.05, 0) is 5.56 Å². The number of benzene rings is 1. The van der Waals surface area contributed by atoms with Crippen molar-refractivity contribution in [2.45, 2.75) is 31.3 Å². The summed E-state index contributed by atoms with van der Waals surface area (Å²) in [5.41, 5.74) is 0.985. The molecule has 1 aromatic rings. The van der Waals surface area contributed by atoms with Crippen LogP contribution in [0.5, 0.6) is 0 Å². The van der Waals surface area contributed by atoms with Crippen LogP contribution in [-0.2, 0) is 25.6 Å². The zero-order valence-corrected chi connectivity index (χ0v) is 12.4. The van der Waals surface area contributed by atoms with E-state index in [0.717, 1.165) is 5.56 Å². The summed E-state index contributed by atoms with van der Waals surface area (Å²) in [6.07, 6.45) is -0.907. The summed E-state index contributed by atoms with van der Waals surface area (Å²) in [5.74, 6) is -0.452. The largest absolute Gasteiger partial charge is 0.469 e. The summed E-state index contributed by atoms with van der Waals surface area (Å²) in [5, 5.41) is 10.3. The van der Waals surface area contributed by atoms with Crippen LogP contribution in [0.3, 0.4) is 0 Å². The van der Waals surface area contributed by atoms with Crippen LogP contribution < -0.4 is 0 Å². The fourth-order valence-electron chi connectivity index (χ4n) is 1.88. The highest BCUT2D eigenvalue weighted by Gasteiger charge is 2.29. The smallest absolute Gasteiger partial charge is 0.308 e. The van der Waals surface area contributed by atoms with Gasteiger partial charge in [0.05, 0.1) is 26.2 Å². The number of ether oxygens (including phenoxy) is 3. The van der Waals surface area contributed by atoms with Crippen molar-refractivity contribution in [3.05, 3.63) is 48.6 Å². The Balaban J connectivity index is 2.60. The minimum absolute atomic E-state index is 0.0484.